The van der Waals surface area contributed by atoms with E-state index in [2.05, 4.69) is 10.6 Å². The molecule has 2 amide bonds. The second-order valence-electron chi connectivity index (χ2n) is 4.69. The molecule has 0 heterocycles. The van der Waals surface area contributed by atoms with Crippen LogP contribution in [0.15, 0.2) is 24.3 Å². The number of aliphatic hydroxyl groups is 1. The molecular weight excluding hydrogens is 247 g/mol. The van der Waals surface area contributed by atoms with Crippen molar-refractivity contribution in [1.82, 2.24) is 10.6 Å². The topological polar surface area (TPSA) is 61.4 Å². The molecule has 0 fully saturated rings. The van der Waals surface area contributed by atoms with Gasteiger partial charge in [-0.15, -0.1) is 0 Å². The van der Waals surface area contributed by atoms with Gasteiger partial charge in [-0.1, -0.05) is 25.1 Å². The van der Waals surface area contributed by atoms with Crippen molar-refractivity contribution in [2.45, 2.75) is 26.3 Å². The largest absolute Gasteiger partial charge is 0.396 e. The highest BCUT2D eigenvalue weighted by Gasteiger charge is 2.13. The molecule has 3 N–H and O–H groups in total. The molecule has 0 aromatic heterocycles. The van der Waals surface area contributed by atoms with Crippen LogP contribution in [0, 0.1) is 11.7 Å². The van der Waals surface area contributed by atoms with Crippen LogP contribution in [0.25, 0.3) is 0 Å². The highest BCUT2D eigenvalue weighted by atomic mass is 19.1. The van der Waals surface area contributed by atoms with Crippen molar-refractivity contribution in [2.75, 3.05) is 13.2 Å². The molecular formula is C14H21FN2O2. The molecule has 0 aliphatic rings. The maximum atomic E-state index is 13.3. The minimum absolute atomic E-state index is 0.00248. The van der Waals surface area contributed by atoms with E-state index in [1.807, 2.05) is 13.8 Å². The molecule has 1 rings (SSSR count). The number of halogens is 1. The van der Waals surface area contributed by atoms with Crippen LogP contribution in [0.1, 0.15) is 19.4 Å². The zero-order chi connectivity index (χ0) is 14.3. The van der Waals surface area contributed by atoms with E-state index in [1.54, 1.807) is 18.2 Å². The molecule has 2 unspecified atom stereocenters. The van der Waals surface area contributed by atoms with E-state index in [0.717, 1.165) is 0 Å². The van der Waals surface area contributed by atoms with Crippen molar-refractivity contribution in [1.29, 1.82) is 0 Å². The van der Waals surface area contributed by atoms with Gasteiger partial charge in [-0.2, -0.15) is 0 Å². The molecule has 106 valence electrons. The molecule has 0 aliphatic heterocycles. The third-order valence-corrected chi connectivity index (χ3v) is 3.14. The van der Waals surface area contributed by atoms with Crippen molar-refractivity contribution in [3.05, 3.63) is 35.6 Å². The Morgan fingerprint density at radius 2 is 2.05 bits per heavy atom. The number of rotatable bonds is 6. The maximum absolute atomic E-state index is 13.3. The summed E-state index contributed by atoms with van der Waals surface area (Å²) in [5.41, 5.74) is 0.583. The Morgan fingerprint density at radius 3 is 2.68 bits per heavy atom. The van der Waals surface area contributed by atoms with Crippen LogP contribution in [0.4, 0.5) is 9.18 Å². The number of carbonyl (C=O) groups excluding carboxylic acids is 1. The molecule has 5 heteroatoms. The van der Waals surface area contributed by atoms with Crippen LogP contribution in [0.2, 0.25) is 0 Å². The average molecular weight is 268 g/mol. The Morgan fingerprint density at radius 1 is 1.37 bits per heavy atom. The molecule has 4 nitrogen and oxygen atoms in total. The van der Waals surface area contributed by atoms with Gasteiger partial charge < -0.3 is 15.7 Å². The van der Waals surface area contributed by atoms with Crippen LogP contribution in [-0.2, 0) is 6.42 Å². The summed E-state index contributed by atoms with van der Waals surface area (Å²) in [6.07, 6.45) is 0.448. The van der Waals surface area contributed by atoms with E-state index < -0.39 is 0 Å². The van der Waals surface area contributed by atoms with E-state index in [9.17, 15) is 9.18 Å². The first-order valence-corrected chi connectivity index (χ1v) is 6.43. The molecule has 1 aromatic rings. The summed E-state index contributed by atoms with van der Waals surface area (Å²) in [4.78, 5) is 11.6. The van der Waals surface area contributed by atoms with Crippen molar-refractivity contribution < 1.29 is 14.3 Å². The number of carbonyl (C=O) groups is 1. The summed E-state index contributed by atoms with van der Waals surface area (Å²) in [5, 5.41) is 14.4. The molecule has 0 bridgehead atoms. The van der Waals surface area contributed by atoms with E-state index in [1.165, 1.54) is 6.07 Å². The normalized spacial score (nSPS) is 13.7. The summed E-state index contributed by atoms with van der Waals surface area (Å²) < 4.78 is 13.3. The Hall–Kier alpha value is -1.62. The standard InChI is InChI=1S/C14H21FN2O2/c1-10(9-18)11(2)17-14(19)16-8-7-12-5-3-4-6-13(12)15/h3-6,10-11,18H,7-9H2,1-2H3,(H2,16,17,19). The van der Waals surface area contributed by atoms with Crippen molar-refractivity contribution in [3.63, 3.8) is 0 Å². The zero-order valence-corrected chi connectivity index (χ0v) is 11.3. The minimum Gasteiger partial charge on any atom is -0.396 e. The van der Waals surface area contributed by atoms with E-state index in [0.29, 0.717) is 18.5 Å². The lowest BCUT2D eigenvalue weighted by atomic mass is 10.1. The fraction of sp³-hybridized carbons (Fsp3) is 0.500. The second kappa shape index (κ2) is 7.74. The van der Waals surface area contributed by atoms with Crippen molar-refractivity contribution in [2.24, 2.45) is 5.92 Å². The van der Waals surface area contributed by atoms with Gasteiger partial charge >= 0.3 is 6.03 Å². The summed E-state index contributed by atoms with van der Waals surface area (Å²) in [6.45, 7) is 4.07. The Kier molecular flexibility index (Phi) is 6.29. The van der Waals surface area contributed by atoms with Gasteiger partial charge in [-0.3, -0.25) is 0 Å². The molecule has 0 radical (unpaired) electrons. The molecule has 1 aromatic carbocycles. The van der Waals surface area contributed by atoms with Crippen LogP contribution in [0.5, 0.6) is 0 Å². The average Bonchev–Trinajstić information content (AvgIpc) is 2.40. The number of amides is 2. The van der Waals surface area contributed by atoms with Gasteiger partial charge in [0.2, 0.25) is 0 Å². The van der Waals surface area contributed by atoms with Gasteiger partial charge in [-0.05, 0) is 30.9 Å². The van der Waals surface area contributed by atoms with Gasteiger partial charge in [0.1, 0.15) is 5.82 Å². The lowest BCUT2D eigenvalue weighted by Crippen LogP contribution is -2.44. The van der Waals surface area contributed by atoms with Crippen molar-refractivity contribution >= 4 is 6.03 Å². The SMILES string of the molecule is CC(CO)C(C)NC(=O)NCCc1ccccc1F. The monoisotopic (exact) mass is 268 g/mol. The van der Waals surface area contributed by atoms with Crippen LogP contribution in [0.3, 0.4) is 0 Å². The number of benzene rings is 1. The second-order valence-corrected chi connectivity index (χ2v) is 4.69. The van der Waals surface area contributed by atoms with Crippen LogP contribution in [-0.4, -0.2) is 30.3 Å². The lowest BCUT2D eigenvalue weighted by Gasteiger charge is -2.19. The first kappa shape index (κ1) is 15.4. The summed E-state index contributed by atoms with van der Waals surface area (Å²) in [5.74, 6) is -0.260. The molecule has 0 saturated heterocycles. The fourth-order valence-corrected chi connectivity index (χ4v) is 1.57. The minimum atomic E-state index is -0.302. The zero-order valence-electron chi connectivity index (χ0n) is 11.3. The molecule has 0 saturated carbocycles. The predicted molar refractivity (Wildman–Crippen MR) is 72.4 cm³/mol. The quantitative estimate of drug-likeness (QED) is 0.735. The highest BCUT2D eigenvalue weighted by molar-refractivity contribution is 5.74. The van der Waals surface area contributed by atoms with Crippen molar-refractivity contribution in [3.8, 4) is 0 Å². The number of hydrogen-bond donors (Lipinski definition) is 3. The summed E-state index contributed by atoms with van der Waals surface area (Å²) in [7, 11) is 0. The van der Waals surface area contributed by atoms with Crippen LogP contribution < -0.4 is 10.6 Å². The highest BCUT2D eigenvalue weighted by Crippen LogP contribution is 2.06. The summed E-state index contributed by atoms with van der Waals surface area (Å²) in [6, 6.07) is 6.09. The van der Waals surface area contributed by atoms with E-state index in [-0.39, 0.29) is 30.4 Å². The number of aliphatic hydroxyl groups excluding tert-OH is 1. The van der Waals surface area contributed by atoms with Gasteiger partial charge in [0, 0.05) is 19.2 Å². The Balaban J connectivity index is 2.30. The van der Waals surface area contributed by atoms with Gasteiger partial charge in [0.15, 0.2) is 0 Å². The smallest absolute Gasteiger partial charge is 0.315 e. The Bertz CT molecular complexity index is 412. The first-order chi connectivity index (χ1) is 9.04. The molecule has 0 aliphatic carbocycles. The summed E-state index contributed by atoms with van der Waals surface area (Å²) >= 11 is 0. The number of urea groups is 1. The third-order valence-electron chi connectivity index (χ3n) is 3.14. The molecule has 0 spiro atoms. The Labute approximate surface area is 113 Å². The van der Waals surface area contributed by atoms with Gasteiger partial charge in [0.25, 0.3) is 0 Å². The predicted octanol–water partition coefficient (Wildman–Crippen LogP) is 1.68. The first-order valence-electron chi connectivity index (χ1n) is 6.43. The number of hydrogen-bond acceptors (Lipinski definition) is 2. The maximum Gasteiger partial charge on any atom is 0.315 e. The lowest BCUT2D eigenvalue weighted by molar-refractivity contribution is 0.200. The van der Waals surface area contributed by atoms with E-state index in [4.69, 9.17) is 5.11 Å². The van der Waals surface area contributed by atoms with Gasteiger partial charge in [-0.25, -0.2) is 9.18 Å². The fourth-order valence-electron chi connectivity index (χ4n) is 1.57. The van der Waals surface area contributed by atoms with E-state index >= 15 is 0 Å². The molecule has 2 atom stereocenters. The third kappa shape index (κ3) is 5.26. The number of nitrogens with one attached hydrogen (secondary N) is 2. The molecule has 19 heavy (non-hydrogen) atoms. The van der Waals surface area contributed by atoms with Crippen LogP contribution >= 0.6 is 0 Å². The van der Waals surface area contributed by atoms with Gasteiger partial charge in [0.05, 0.1) is 0 Å².